The molecule has 6 rings (SSSR count). The quantitative estimate of drug-likeness (QED) is 0.447. The van der Waals surface area contributed by atoms with E-state index in [0.29, 0.717) is 19.0 Å². The average Bonchev–Trinajstić information content (AvgIpc) is 3.59. The number of hydrogen-bond acceptors (Lipinski definition) is 8. The number of nitrogens with zero attached hydrogens (tertiary/aromatic N) is 6. The minimum absolute atomic E-state index is 0.0684. The molecule has 1 aliphatic carbocycles. The molecule has 4 aromatic rings. The molecule has 0 aromatic carbocycles. The van der Waals surface area contributed by atoms with E-state index in [1.165, 1.54) is 0 Å². The largest absolute Gasteiger partial charge is 0.487 e. The summed E-state index contributed by atoms with van der Waals surface area (Å²) in [6.07, 6.45) is 7.88. The summed E-state index contributed by atoms with van der Waals surface area (Å²) in [4.78, 5) is 8.76. The third-order valence-corrected chi connectivity index (χ3v) is 6.57. The smallest absolute Gasteiger partial charge is 0.169 e. The highest BCUT2D eigenvalue weighted by molar-refractivity contribution is 5.72. The Labute approximate surface area is 203 Å². The van der Waals surface area contributed by atoms with Crippen LogP contribution >= 0.6 is 0 Å². The summed E-state index contributed by atoms with van der Waals surface area (Å²) in [5.41, 5.74) is 3.74. The standard InChI is InChI=1S/C25H29N7O3/c1-16-10-22(28-17(2)27-16)29-23-12-19-11-18(6-9-32(19)30-23)24-21(13-26-31(24)3)33-14-20-15-34-25(35-20)7-4-5-8-25/h6,9-13,20H,4-5,7-8,14-15H2,1-3H3,(H,27,28,29,30). The number of rotatable bonds is 6. The van der Waals surface area contributed by atoms with Crippen molar-refractivity contribution >= 4 is 17.2 Å². The molecule has 1 saturated heterocycles. The second-order valence-electron chi connectivity index (χ2n) is 9.34. The van der Waals surface area contributed by atoms with Crippen molar-refractivity contribution in [3.05, 3.63) is 48.2 Å². The minimum atomic E-state index is -0.381. The van der Waals surface area contributed by atoms with Crippen LogP contribution in [0.1, 0.15) is 37.2 Å². The highest BCUT2D eigenvalue weighted by atomic mass is 16.8. The molecular weight excluding hydrogens is 446 g/mol. The predicted molar refractivity (Wildman–Crippen MR) is 130 cm³/mol. The van der Waals surface area contributed by atoms with E-state index in [1.54, 1.807) is 6.20 Å². The topological polar surface area (TPSA) is 101 Å². The molecule has 2 fully saturated rings. The van der Waals surface area contributed by atoms with Crippen LogP contribution in [-0.2, 0) is 16.5 Å². The van der Waals surface area contributed by atoms with Crippen molar-refractivity contribution in [2.45, 2.75) is 51.4 Å². The Bertz CT molecular complexity index is 1350. The molecule has 5 heterocycles. The van der Waals surface area contributed by atoms with E-state index in [4.69, 9.17) is 14.2 Å². The van der Waals surface area contributed by atoms with Gasteiger partial charge in [-0.05, 0) is 38.8 Å². The summed E-state index contributed by atoms with van der Waals surface area (Å²) in [5, 5.41) is 12.3. The number of hydrogen-bond donors (Lipinski definition) is 1. The van der Waals surface area contributed by atoms with Crippen LogP contribution in [0.3, 0.4) is 0 Å². The molecule has 1 spiro atoms. The Hall–Kier alpha value is -3.50. The van der Waals surface area contributed by atoms with Crippen LogP contribution < -0.4 is 10.1 Å². The Morgan fingerprint density at radius 3 is 2.83 bits per heavy atom. The predicted octanol–water partition coefficient (Wildman–Crippen LogP) is 3.95. The van der Waals surface area contributed by atoms with E-state index in [-0.39, 0.29) is 11.9 Å². The molecule has 4 aromatic heterocycles. The number of fused-ring (bicyclic) bond motifs is 1. The van der Waals surface area contributed by atoms with Crippen LogP contribution in [0, 0.1) is 13.8 Å². The zero-order chi connectivity index (χ0) is 24.0. The number of nitrogens with one attached hydrogen (secondary N) is 1. The van der Waals surface area contributed by atoms with Crippen LogP contribution in [0.4, 0.5) is 11.6 Å². The Morgan fingerprint density at radius 2 is 2.00 bits per heavy atom. The maximum atomic E-state index is 6.21. The van der Waals surface area contributed by atoms with Gasteiger partial charge in [0.25, 0.3) is 0 Å². The lowest BCUT2D eigenvalue weighted by Crippen LogP contribution is -2.28. The van der Waals surface area contributed by atoms with Gasteiger partial charge in [-0.25, -0.2) is 14.5 Å². The molecule has 1 saturated carbocycles. The molecule has 10 heteroatoms. The van der Waals surface area contributed by atoms with Crippen LogP contribution in [0.2, 0.25) is 0 Å². The van der Waals surface area contributed by atoms with E-state index in [2.05, 4.69) is 31.5 Å². The van der Waals surface area contributed by atoms with Gasteiger partial charge >= 0.3 is 0 Å². The highest BCUT2D eigenvalue weighted by Gasteiger charge is 2.43. The first-order chi connectivity index (χ1) is 17.0. The first kappa shape index (κ1) is 22.0. The normalized spacial score (nSPS) is 19.1. The second-order valence-corrected chi connectivity index (χ2v) is 9.34. The SMILES string of the molecule is Cc1cc(Nc2cc3cc(-c4c(OCC5COC6(CCCC6)O5)cnn4C)ccn3n2)nc(C)n1. The van der Waals surface area contributed by atoms with E-state index in [0.717, 1.165) is 65.5 Å². The fourth-order valence-corrected chi connectivity index (χ4v) is 5.02. The average molecular weight is 476 g/mol. The lowest BCUT2D eigenvalue weighted by atomic mass is 10.1. The van der Waals surface area contributed by atoms with Crippen molar-refractivity contribution in [3.8, 4) is 17.0 Å². The molecule has 1 atom stereocenters. The maximum absolute atomic E-state index is 6.21. The first-order valence-corrected chi connectivity index (χ1v) is 12.0. The van der Waals surface area contributed by atoms with E-state index in [1.807, 2.05) is 54.5 Å². The number of aryl methyl sites for hydroxylation is 3. The number of pyridine rings is 1. The van der Waals surface area contributed by atoms with Gasteiger partial charge in [-0.3, -0.25) is 4.68 Å². The van der Waals surface area contributed by atoms with Crippen LogP contribution in [0.5, 0.6) is 5.75 Å². The van der Waals surface area contributed by atoms with Crippen molar-refractivity contribution in [3.63, 3.8) is 0 Å². The summed E-state index contributed by atoms with van der Waals surface area (Å²) < 4.78 is 22.0. The van der Waals surface area contributed by atoms with Gasteiger partial charge in [0.2, 0.25) is 0 Å². The molecule has 10 nitrogen and oxygen atoms in total. The van der Waals surface area contributed by atoms with Crippen LogP contribution in [-0.4, -0.2) is 54.5 Å². The van der Waals surface area contributed by atoms with Crippen LogP contribution in [0.25, 0.3) is 16.8 Å². The molecule has 1 N–H and O–H groups in total. The third kappa shape index (κ3) is 4.35. The van der Waals surface area contributed by atoms with Gasteiger partial charge in [0.05, 0.1) is 18.3 Å². The van der Waals surface area contributed by atoms with E-state index >= 15 is 0 Å². The third-order valence-electron chi connectivity index (χ3n) is 6.57. The van der Waals surface area contributed by atoms with Crippen molar-refractivity contribution in [2.75, 3.05) is 18.5 Å². The van der Waals surface area contributed by atoms with Crippen molar-refractivity contribution in [1.29, 1.82) is 0 Å². The van der Waals surface area contributed by atoms with Gasteiger partial charge in [0.1, 0.15) is 30.0 Å². The number of aromatic nitrogens is 6. The van der Waals surface area contributed by atoms with Gasteiger partial charge in [-0.15, -0.1) is 0 Å². The van der Waals surface area contributed by atoms with Gasteiger partial charge in [0, 0.05) is 49.5 Å². The molecule has 35 heavy (non-hydrogen) atoms. The van der Waals surface area contributed by atoms with Crippen LogP contribution in [0.15, 0.2) is 36.7 Å². The van der Waals surface area contributed by atoms with Gasteiger partial charge < -0.3 is 19.5 Å². The van der Waals surface area contributed by atoms with Gasteiger partial charge in [-0.1, -0.05) is 0 Å². The number of ether oxygens (including phenoxy) is 3. The Kier molecular flexibility index (Phi) is 5.42. The van der Waals surface area contributed by atoms with E-state index < -0.39 is 0 Å². The molecule has 1 aliphatic heterocycles. The first-order valence-electron chi connectivity index (χ1n) is 12.0. The zero-order valence-corrected chi connectivity index (χ0v) is 20.2. The lowest BCUT2D eigenvalue weighted by molar-refractivity contribution is -0.164. The number of anilines is 2. The minimum Gasteiger partial charge on any atom is -0.487 e. The molecule has 1 unspecified atom stereocenters. The lowest BCUT2D eigenvalue weighted by Gasteiger charge is -2.21. The van der Waals surface area contributed by atoms with E-state index in [9.17, 15) is 0 Å². The summed E-state index contributed by atoms with van der Waals surface area (Å²) >= 11 is 0. The fraction of sp³-hybridized carbons (Fsp3) is 0.440. The monoisotopic (exact) mass is 475 g/mol. The molecular formula is C25H29N7O3. The molecule has 2 aliphatic rings. The summed E-state index contributed by atoms with van der Waals surface area (Å²) in [7, 11) is 1.91. The Balaban J connectivity index is 1.20. The summed E-state index contributed by atoms with van der Waals surface area (Å²) in [6, 6.07) is 7.96. The molecule has 0 radical (unpaired) electrons. The molecule has 0 amide bonds. The fourth-order valence-electron chi connectivity index (χ4n) is 5.02. The summed E-state index contributed by atoms with van der Waals surface area (Å²) in [6.45, 7) is 4.82. The summed E-state index contributed by atoms with van der Waals surface area (Å²) in [5.74, 6) is 2.49. The van der Waals surface area contributed by atoms with Gasteiger partial charge in [-0.2, -0.15) is 10.2 Å². The molecule has 0 bridgehead atoms. The van der Waals surface area contributed by atoms with Crippen molar-refractivity contribution in [1.82, 2.24) is 29.4 Å². The molecule has 182 valence electrons. The Morgan fingerprint density at radius 1 is 1.14 bits per heavy atom. The maximum Gasteiger partial charge on any atom is 0.169 e. The van der Waals surface area contributed by atoms with Crippen molar-refractivity contribution < 1.29 is 14.2 Å². The highest BCUT2D eigenvalue weighted by Crippen LogP contribution is 2.39. The van der Waals surface area contributed by atoms with Gasteiger partial charge in [0.15, 0.2) is 17.4 Å². The van der Waals surface area contributed by atoms with Crippen molar-refractivity contribution in [2.24, 2.45) is 7.05 Å². The second kappa shape index (κ2) is 8.62. The zero-order valence-electron chi connectivity index (χ0n) is 20.2.